The summed E-state index contributed by atoms with van der Waals surface area (Å²) in [6, 6.07) is 0. The van der Waals surface area contributed by atoms with Gasteiger partial charge in [-0.15, -0.1) is 0 Å². The van der Waals surface area contributed by atoms with Gasteiger partial charge in [0, 0.05) is 21.1 Å². The van der Waals surface area contributed by atoms with Gasteiger partial charge in [-0.05, 0) is 0 Å². The Labute approximate surface area is 43.3 Å². The van der Waals surface area contributed by atoms with Crippen LogP contribution in [0.3, 0.4) is 0 Å². The van der Waals surface area contributed by atoms with Crippen molar-refractivity contribution in [3.63, 3.8) is 0 Å². The van der Waals surface area contributed by atoms with Crippen LogP contribution >= 0.6 is 0 Å². The number of hydrogen-bond acceptors (Lipinski definition) is 0. The minimum atomic E-state index is 0. The van der Waals surface area contributed by atoms with E-state index in [4.69, 9.17) is 1.37 Å². The maximum atomic E-state index is 6.33. The van der Waals surface area contributed by atoms with Crippen LogP contribution in [0.5, 0.6) is 0 Å². The third kappa shape index (κ3) is 16.2. The van der Waals surface area contributed by atoms with Gasteiger partial charge in [0.25, 0.3) is 0 Å². The molecule has 0 spiro atoms. The number of hydrogen-bond donors (Lipinski definition) is 0. The molecule has 0 rings (SSSR count). The largest absolute Gasteiger partial charge is 0.344 e. The van der Waals surface area contributed by atoms with Crippen molar-refractivity contribution in [1.29, 1.82) is 0 Å². The summed E-state index contributed by atoms with van der Waals surface area (Å²) in [7, 11) is 0. The summed E-state index contributed by atoms with van der Waals surface area (Å²) < 4.78 is 6.33. The van der Waals surface area contributed by atoms with E-state index in [1.54, 1.807) is 0 Å². The molecule has 0 atom stereocenters. The summed E-state index contributed by atoms with van der Waals surface area (Å²) in [5.74, 6) is 0. The number of rotatable bonds is 1. The van der Waals surface area contributed by atoms with Gasteiger partial charge in [0.05, 0.1) is 0 Å². The molecular weight excluding hydrogens is 220 g/mol. The van der Waals surface area contributed by atoms with Crippen molar-refractivity contribution in [2.45, 2.75) is 13.3 Å². The third-order valence-electron chi connectivity index (χ3n) is 0. The minimum absolute atomic E-state index is 0. The molecule has 0 saturated carbocycles. The molecule has 0 unspecified atom stereocenters. The van der Waals surface area contributed by atoms with E-state index in [1.165, 1.54) is 6.90 Å². The van der Waals surface area contributed by atoms with E-state index in [0.29, 0.717) is 0 Å². The van der Waals surface area contributed by atoms with Gasteiger partial charge < -0.3 is 6.90 Å². The molecule has 0 amide bonds. The summed E-state index contributed by atoms with van der Waals surface area (Å²) in [5, 5.41) is 0. The monoisotopic (exact) mass is 229 g/mol. The Balaban J connectivity index is 0. The van der Waals surface area contributed by atoms with E-state index < -0.39 is 0 Å². The van der Waals surface area contributed by atoms with E-state index >= 15 is 0 Å². The van der Waals surface area contributed by atoms with Crippen LogP contribution in [-0.4, -0.2) is 0 Å². The summed E-state index contributed by atoms with van der Waals surface area (Å²) >= 11 is 0. The molecule has 0 saturated heterocycles. The summed E-state index contributed by atoms with van der Waals surface area (Å²) in [6.45, 7) is 3.31. The molecule has 0 aromatic carbocycles. The Morgan fingerprint density at radius 3 is 2.50 bits per heavy atom. The van der Waals surface area contributed by atoms with Crippen molar-refractivity contribution in [2.75, 3.05) is 0 Å². The first-order valence-electron chi connectivity index (χ1n) is 1.69. The molecule has 0 N–H and O–H groups in total. The van der Waals surface area contributed by atoms with Crippen LogP contribution in [0.15, 0.2) is 0 Å². The van der Waals surface area contributed by atoms with Crippen molar-refractivity contribution in [3.8, 4) is 0 Å². The first kappa shape index (κ1) is 4.69. The Bertz CT molecular complexity index is 8.85. The molecule has 0 aromatic rings. The fraction of sp³-hybridized carbons (Fsp3) is 0.667. The molecule has 0 radical (unpaired) electrons. The maximum Gasteiger partial charge on any atom is 0 e. The van der Waals surface area contributed by atoms with E-state index in [9.17, 15) is 0 Å². The molecule has 0 aliphatic carbocycles. The zero-order chi connectivity index (χ0) is 3.41. The topological polar surface area (TPSA) is 0 Å². The van der Waals surface area contributed by atoms with Gasteiger partial charge in [-0.3, -0.25) is 0 Å². The van der Waals surface area contributed by atoms with Crippen molar-refractivity contribution in [2.24, 2.45) is 0 Å². The van der Waals surface area contributed by atoms with Crippen molar-refractivity contribution >= 4 is 0 Å². The van der Waals surface area contributed by atoms with Crippen molar-refractivity contribution < 1.29 is 22.4 Å². The molecule has 0 aromatic heterocycles. The van der Waals surface area contributed by atoms with E-state index in [0.717, 1.165) is 6.42 Å². The molecule has 4 heavy (non-hydrogen) atoms. The minimum Gasteiger partial charge on any atom is -0.344 e. The van der Waals surface area contributed by atoms with E-state index in [1.807, 2.05) is 6.92 Å². The van der Waals surface area contributed by atoms with Crippen LogP contribution in [0, 0.1) is 6.90 Å². The van der Waals surface area contributed by atoms with Gasteiger partial charge in [0.2, 0.25) is 0 Å². The molecule has 0 aliphatic heterocycles. The predicted molar refractivity (Wildman–Crippen MR) is 15.6 cm³/mol. The van der Waals surface area contributed by atoms with Crippen LogP contribution in [0.25, 0.3) is 0 Å². The van der Waals surface area contributed by atoms with Crippen LogP contribution in [-0.2, 0) is 21.1 Å². The zero-order valence-electron chi connectivity index (χ0n) is 3.69. The average molecular weight is 229 g/mol. The molecule has 1 heteroatoms. The summed E-state index contributed by atoms with van der Waals surface area (Å²) in [6.07, 6.45) is 0.861. The SMILES string of the molecule is [3H][CH-]CC.[W]. The van der Waals surface area contributed by atoms with Gasteiger partial charge in [-0.2, -0.15) is 6.42 Å². The molecule has 0 bridgehead atoms. The Hall–Kier alpha value is 0.688. The van der Waals surface area contributed by atoms with E-state index in [2.05, 4.69) is 0 Å². The molecule has 26 valence electrons. The third-order valence-corrected chi connectivity index (χ3v) is 0. The van der Waals surface area contributed by atoms with Gasteiger partial charge >= 0.3 is 0 Å². The molecule has 0 fully saturated rings. The smallest absolute Gasteiger partial charge is 0 e. The fourth-order valence-electron chi connectivity index (χ4n) is 0. The van der Waals surface area contributed by atoms with Crippen LogP contribution in [0.2, 0.25) is 0 Å². The van der Waals surface area contributed by atoms with Crippen LogP contribution < -0.4 is 0 Å². The Kier molecular flexibility index (Phi) is 11.0. The van der Waals surface area contributed by atoms with Gasteiger partial charge in [-0.1, -0.05) is 6.92 Å². The van der Waals surface area contributed by atoms with Crippen LogP contribution in [0.1, 0.15) is 14.7 Å². The molecule has 0 nitrogen and oxygen atoms in total. The molecule has 0 aliphatic rings. The summed E-state index contributed by atoms with van der Waals surface area (Å²) in [5.41, 5.74) is 0. The normalized spacial score (nSPS) is 7.75. The predicted octanol–water partition coefficient (Wildman–Crippen LogP) is 1.23. The van der Waals surface area contributed by atoms with Gasteiger partial charge in [0.15, 0.2) is 0 Å². The first-order chi connectivity index (χ1) is 1.91. The van der Waals surface area contributed by atoms with Gasteiger partial charge in [-0.25, -0.2) is 1.37 Å². The van der Waals surface area contributed by atoms with Crippen molar-refractivity contribution in [1.82, 2.24) is 0 Å². The first-order valence-corrected chi connectivity index (χ1v) is 1.12. The van der Waals surface area contributed by atoms with Crippen molar-refractivity contribution in [3.05, 3.63) is 6.90 Å². The fourth-order valence-corrected chi connectivity index (χ4v) is 0. The van der Waals surface area contributed by atoms with Gasteiger partial charge in [0.1, 0.15) is 0 Å². The Morgan fingerprint density at radius 1 is 2.25 bits per heavy atom. The quantitative estimate of drug-likeness (QED) is 0.593. The zero-order valence-corrected chi connectivity index (χ0v) is 5.63. The second kappa shape index (κ2) is 9.35. The van der Waals surface area contributed by atoms with Crippen LogP contribution in [0.4, 0.5) is 0 Å². The second-order valence-corrected chi connectivity index (χ2v) is 0.408. The maximum absolute atomic E-state index is 6.33. The molecular formula is C3H7W-. The average Bonchev–Trinajstić information content (AvgIpc) is 1.37. The van der Waals surface area contributed by atoms with E-state index in [-0.39, 0.29) is 21.1 Å². The summed E-state index contributed by atoms with van der Waals surface area (Å²) in [4.78, 5) is 0. The standard InChI is InChI=1S/C3H7.W/c1-3-2;/h1,3H2,2H3;/q-1;/i1T;. The molecule has 0 heterocycles. The Morgan fingerprint density at radius 2 is 2.50 bits per heavy atom. The second-order valence-electron chi connectivity index (χ2n) is 0.408.